The SMILES string of the molecule is CCCCN(C)C(=O)C1CCN(C(=O)C2CC(=O)N(c3ccccc3)C2)CC1. The third-order valence-corrected chi connectivity index (χ3v) is 5.92. The second-order valence-corrected chi connectivity index (χ2v) is 7.95. The van der Waals surface area contributed by atoms with E-state index in [9.17, 15) is 14.4 Å². The van der Waals surface area contributed by atoms with Crippen LogP contribution in [0.4, 0.5) is 5.69 Å². The highest BCUT2D eigenvalue weighted by Gasteiger charge is 2.38. The molecule has 1 unspecified atom stereocenters. The summed E-state index contributed by atoms with van der Waals surface area (Å²) in [6.07, 6.45) is 3.79. The summed E-state index contributed by atoms with van der Waals surface area (Å²) in [7, 11) is 1.87. The quantitative estimate of drug-likeness (QED) is 0.756. The smallest absolute Gasteiger partial charge is 0.228 e. The topological polar surface area (TPSA) is 60.9 Å². The fraction of sp³-hybridized carbons (Fsp3) is 0.591. The average Bonchev–Trinajstić information content (AvgIpc) is 3.13. The van der Waals surface area contributed by atoms with Gasteiger partial charge in [-0.25, -0.2) is 0 Å². The standard InChI is InChI=1S/C22H31N3O3/c1-3-4-12-23(2)21(27)17-10-13-24(14-11-17)22(28)18-15-20(26)25(16-18)19-8-6-5-7-9-19/h5-9,17-18H,3-4,10-16H2,1-2H3. The van der Waals surface area contributed by atoms with Gasteiger partial charge in [0.2, 0.25) is 17.7 Å². The van der Waals surface area contributed by atoms with Gasteiger partial charge in [0.05, 0.1) is 5.92 Å². The molecule has 2 aliphatic rings. The maximum absolute atomic E-state index is 12.9. The summed E-state index contributed by atoms with van der Waals surface area (Å²) in [6.45, 7) is 4.57. The first kappa shape index (κ1) is 20.4. The highest BCUT2D eigenvalue weighted by molar-refractivity contribution is 6.00. The van der Waals surface area contributed by atoms with Crippen molar-refractivity contribution in [2.45, 2.75) is 39.0 Å². The largest absolute Gasteiger partial charge is 0.346 e. The number of hydrogen-bond donors (Lipinski definition) is 0. The van der Waals surface area contributed by atoms with Gasteiger partial charge in [-0.2, -0.15) is 0 Å². The summed E-state index contributed by atoms with van der Waals surface area (Å²) >= 11 is 0. The van der Waals surface area contributed by atoms with Gasteiger partial charge in [0.25, 0.3) is 0 Å². The molecule has 2 saturated heterocycles. The molecular formula is C22H31N3O3. The Morgan fingerprint density at radius 1 is 1.11 bits per heavy atom. The summed E-state index contributed by atoms with van der Waals surface area (Å²) in [6, 6.07) is 9.51. The zero-order valence-electron chi connectivity index (χ0n) is 17.0. The molecule has 2 fully saturated rings. The van der Waals surface area contributed by atoms with E-state index in [0.717, 1.165) is 25.1 Å². The van der Waals surface area contributed by atoms with Crippen LogP contribution in [0.1, 0.15) is 39.0 Å². The van der Waals surface area contributed by atoms with Crippen LogP contribution >= 0.6 is 0 Å². The number of anilines is 1. The second kappa shape index (κ2) is 9.22. The summed E-state index contributed by atoms with van der Waals surface area (Å²) in [5.41, 5.74) is 0.849. The zero-order chi connectivity index (χ0) is 20.1. The first-order valence-electron chi connectivity index (χ1n) is 10.4. The van der Waals surface area contributed by atoms with Crippen molar-refractivity contribution in [1.82, 2.24) is 9.80 Å². The predicted octanol–water partition coefficient (Wildman–Crippen LogP) is 2.54. The Morgan fingerprint density at radius 3 is 2.43 bits per heavy atom. The highest BCUT2D eigenvalue weighted by Crippen LogP contribution is 2.28. The Bertz CT molecular complexity index is 698. The number of para-hydroxylation sites is 1. The number of piperidine rings is 1. The number of carbonyl (C=O) groups is 3. The van der Waals surface area contributed by atoms with Gasteiger partial charge in [-0.1, -0.05) is 31.5 Å². The van der Waals surface area contributed by atoms with Crippen LogP contribution in [0.15, 0.2) is 30.3 Å². The lowest BCUT2D eigenvalue weighted by Gasteiger charge is -2.34. The number of nitrogens with zero attached hydrogens (tertiary/aromatic N) is 3. The van der Waals surface area contributed by atoms with E-state index in [-0.39, 0.29) is 36.0 Å². The molecule has 6 heteroatoms. The van der Waals surface area contributed by atoms with Gasteiger partial charge >= 0.3 is 0 Å². The molecule has 0 aromatic heterocycles. The number of amides is 3. The maximum Gasteiger partial charge on any atom is 0.228 e. The summed E-state index contributed by atoms with van der Waals surface area (Å²) in [5, 5.41) is 0. The van der Waals surface area contributed by atoms with E-state index in [1.807, 2.05) is 47.2 Å². The zero-order valence-corrected chi connectivity index (χ0v) is 17.0. The van der Waals surface area contributed by atoms with Crippen molar-refractivity contribution >= 4 is 23.4 Å². The monoisotopic (exact) mass is 385 g/mol. The summed E-state index contributed by atoms with van der Waals surface area (Å²) in [4.78, 5) is 43.2. The van der Waals surface area contributed by atoms with E-state index in [4.69, 9.17) is 0 Å². The lowest BCUT2D eigenvalue weighted by molar-refractivity contribution is -0.141. The summed E-state index contributed by atoms with van der Waals surface area (Å²) < 4.78 is 0. The van der Waals surface area contributed by atoms with Gasteiger partial charge in [0.15, 0.2) is 0 Å². The molecule has 28 heavy (non-hydrogen) atoms. The lowest BCUT2D eigenvalue weighted by atomic mass is 9.94. The van der Waals surface area contributed by atoms with Crippen molar-refractivity contribution < 1.29 is 14.4 Å². The van der Waals surface area contributed by atoms with E-state index < -0.39 is 0 Å². The fourth-order valence-corrected chi connectivity index (χ4v) is 4.15. The lowest BCUT2D eigenvalue weighted by Crippen LogP contribution is -2.45. The molecule has 1 aromatic rings. The molecule has 0 saturated carbocycles. The van der Waals surface area contributed by atoms with Crippen molar-refractivity contribution in [3.8, 4) is 0 Å². The Balaban J connectivity index is 1.52. The number of hydrogen-bond acceptors (Lipinski definition) is 3. The van der Waals surface area contributed by atoms with Crippen LogP contribution in [0.5, 0.6) is 0 Å². The van der Waals surface area contributed by atoms with Gasteiger partial charge in [0, 0.05) is 51.3 Å². The molecule has 2 heterocycles. The van der Waals surface area contributed by atoms with Crippen molar-refractivity contribution in [2.24, 2.45) is 11.8 Å². The van der Waals surface area contributed by atoms with Crippen LogP contribution in [0, 0.1) is 11.8 Å². The van der Waals surface area contributed by atoms with Gasteiger partial charge in [-0.3, -0.25) is 14.4 Å². The van der Waals surface area contributed by atoms with Gasteiger partial charge < -0.3 is 14.7 Å². The number of benzene rings is 1. The maximum atomic E-state index is 12.9. The molecule has 1 atom stereocenters. The van der Waals surface area contributed by atoms with Crippen molar-refractivity contribution in [3.63, 3.8) is 0 Å². The third kappa shape index (κ3) is 4.54. The Morgan fingerprint density at radius 2 is 1.79 bits per heavy atom. The second-order valence-electron chi connectivity index (χ2n) is 7.95. The van der Waals surface area contributed by atoms with E-state index >= 15 is 0 Å². The number of likely N-dealkylation sites (tertiary alicyclic amines) is 1. The molecular weight excluding hydrogens is 354 g/mol. The van der Waals surface area contributed by atoms with Crippen molar-refractivity contribution in [2.75, 3.05) is 38.1 Å². The minimum Gasteiger partial charge on any atom is -0.346 e. The first-order chi connectivity index (χ1) is 13.5. The molecule has 152 valence electrons. The first-order valence-corrected chi connectivity index (χ1v) is 10.4. The van der Waals surface area contributed by atoms with E-state index in [2.05, 4.69) is 6.92 Å². The highest BCUT2D eigenvalue weighted by atomic mass is 16.2. The minimum absolute atomic E-state index is 0.00663. The van der Waals surface area contributed by atoms with Crippen molar-refractivity contribution in [3.05, 3.63) is 30.3 Å². The van der Waals surface area contributed by atoms with E-state index in [1.54, 1.807) is 4.90 Å². The van der Waals surface area contributed by atoms with Crippen molar-refractivity contribution in [1.29, 1.82) is 0 Å². The Labute approximate surface area is 167 Å². The van der Waals surface area contributed by atoms with Crippen LogP contribution in [0.3, 0.4) is 0 Å². The van der Waals surface area contributed by atoms with E-state index in [1.165, 1.54) is 0 Å². The van der Waals surface area contributed by atoms with Crippen LogP contribution in [-0.2, 0) is 14.4 Å². The van der Waals surface area contributed by atoms with Crippen LogP contribution in [-0.4, -0.2) is 60.7 Å². The fourth-order valence-electron chi connectivity index (χ4n) is 4.15. The molecule has 3 rings (SSSR count). The molecule has 0 aliphatic carbocycles. The van der Waals surface area contributed by atoms with E-state index in [0.29, 0.717) is 32.5 Å². The van der Waals surface area contributed by atoms with Crippen LogP contribution in [0.2, 0.25) is 0 Å². The van der Waals surface area contributed by atoms with Crippen LogP contribution < -0.4 is 4.90 Å². The molecule has 0 N–H and O–H groups in total. The Hall–Kier alpha value is -2.37. The van der Waals surface area contributed by atoms with Gasteiger partial charge in [-0.15, -0.1) is 0 Å². The molecule has 1 aromatic carbocycles. The van der Waals surface area contributed by atoms with Crippen LogP contribution in [0.25, 0.3) is 0 Å². The number of unbranched alkanes of at least 4 members (excludes halogenated alkanes) is 1. The minimum atomic E-state index is -0.285. The Kier molecular flexibility index (Phi) is 6.70. The number of carbonyl (C=O) groups excluding carboxylic acids is 3. The molecule has 2 aliphatic heterocycles. The molecule has 3 amide bonds. The number of rotatable bonds is 6. The molecule has 0 spiro atoms. The predicted molar refractivity (Wildman–Crippen MR) is 109 cm³/mol. The third-order valence-electron chi connectivity index (χ3n) is 5.92. The molecule has 6 nitrogen and oxygen atoms in total. The molecule has 0 radical (unpaired) electrons. The molecule has 0 bridgehead atoms. The normalized spacial score (nSPS) is 20.5. The summed E-state index contributed by atoms with van der Waals surface area (Å²) in [5.74, 6) is -0.0138. The van der Waals surface area contributed by atoms with Gasteiger partial charge in [-0.05, 0) is 31.4 Å². The van der Waals surface area contributed by atoms with Gasteiger partial charge in [0.1, 0.15) is 0 Å². The average molecular weight is 386 g/mol.